The van der Waals surface area contributed by atoms with Gasteiger partial charge in [-0.2, -0.15) is 0 Å². The Labute approximate surface area is 111 Å². The molecule has 0 bridgehead atoms. The molecule has 100 valence electrons. The topological polar surface area (TPSA) is 41.8 Å². The number of benzene rings is 1. The van der Waals surface area contributed by atoms with Crippen LogP contribution in [0.3, 0.4) is 0 Å². The second-order valence-corrected chi connectivity index (χ2v) is 10.8. The van der Waals surface area contributed by atoms with Crippen molar-refractivity contribution in [1.82, 2.24) is 0 Å². The van der Waals surface area contributed by atoms with E-state index in [-0.39, 0.29) is 5.04 Å². The fourth-order valence-electron chi connectivity index (χ4n) is 1.27. The standard InChI is InChI=1S/C14H23NO2Si/c1-14(2,3)18(4,5)17-11-13(15-16)12-9-7-6-8-10-12/h6-10,16H,11H2,1-5H3. The summed E-state index contributed by atoms with van der Waals surface area (Å²) in [5, 5.41) is 12.6. The average Bonchev–Trinajstić information content (AvgIpc) is 2.29. The summed E-state index contributed by atoms with van der Waals surface area (Å²) in [5.74, 6) is 0. The maximum atomic E-state index is 9.10. The number of hydrogen-bond acceptors (Lipinski definition) is 3. The van der Waals surface area contributed by atoms with Gasteiger partial charge in [-0.05, 0) is 18.1 Å². The summed E-state index contributed by atoms with van der Waals surface area (Å²) in [4.78, 5) is 0. The Morgan fingerprint density at radius 3 is 2.22 bits per heavy atom. The van der Waals surface area contributed by atoms with E-state index in [0.717, 1.165) is 5.56 Å². The first-order valence-electron chi connectivity index (χ1n) is 6.18. The average molecular weight is 265 g/mol. The molecule has 1 rings (SSSR count). The van der Waals surface area contributed by atoms with E-state index in [1.165, 1.54) is 0 Å². The largest absolute Gasteiger partial charge is 0.411 e. The zero-order chi connectivity index (χ0) is 13.8. The summed E-state index contributed by atoms with van der Waals surface area (Å²) in [5.41, 5.74) is 1.49. The molecular formula is C14H23NO2Si. The Hall–Kier alpha value is -1.13. The van der Waals surface area contributed by atoms with Gasteiger partial charge in [0.05, 0.1) is 6.61 Å². The smallest absolute Gasteiger partial charge is 0.192 e. The molecule has 0 saturated heterocycles. The van der Waals surface area contributed by atoms with Crippen molar-refractivity contribution in [2.75, 3.05) is 6.61 Å². The van der Waals surface area contributed by atoms with Gasteiger partial charge in [-0.25, -0.2) is 0 Å². The lowest BCUT2D eigenvalue weighted by Crippen LogP contribution is -2.42. The van der Waals surface area contributed by atoms with E-state index in [1.54, 1.807) is 0 Å². The van der Waals surface area contributed by atoms with Gasteiger partial charge in [-0.3, -0.25) is 0 Å². The summed E-state index contributed by atoms with van der Waals surface area (Å²) in [6.45, 7) is 11.3. The van der Waals surface area contributed by atoms with E-state index in [2.05, 4.69) is 39.0 Å². The third kappa shape index (κ3) is 3.68. The second kappa shape index (κ2) is 5.67. The molecule has 4 heteroatoms. The van der Waals surface area contributed by atoms with Crippen LogP contribution in [0.25, 0.3) is 0 Å². The highest BCUT2D eigenvalue weighted by atomic mass is 28.4. The summed E-state index contributed by atoms with van der Waals surface area (Å²) in [6, 6.07) is 9.63. The highest BCUT2D eigenvalue weighted by Crippen LogP contribution is 2.36. The number of nitrogens with zero attached hydrogens (tertiary/aromatic N) is 1. The lowest BCUT2D eigenvalue weighted by molar-refractivity contribution is 0.301. The van der Waals surface area contributed by atoms with E-state index in [1.807, 2.05) is 30.3 Å². The number of oxime groups is 1. The molecule has 0 spiro atoms. The number of hydrogen-bond donors (Lipinski definition) is 1. The van der Waals surface area contributed by atoms with Gasteiger partial charge in [0.1, 0.15) is 5.71 Å². The van der Waals surface area contributed by atoms with Crippen molar-refractivity contribution in [3.8, 4) is 0 Å². The monoisotopic (exact) mass is 265 g/mol. The zero-order valence-corrected chi connectivity index (χ0v) is 12.9. The van der Waals surface area contributed by atoms with Gasteiger partial charge in [0.15, 0.2) is 8.32 Å². The van der Waals surface area contributed by atoms with Crippen molar-refractivity contribution in [2.45, 2.75) is 38.9 Å². The van der Waals surface area contributed by atoms with Gasteiger partial charge in [-0.1, -0.05) is 56.3 Å². The molecule has 0 saturated carbocycles. The fraction of sp³-hybridized carbons (Fsp3) is 0.500. The Morgan fingerprint density at radius 1 is 1.22 bits per heavy atom. The molecule has 0 aromatic heterocycles. The van der Waals surface area contributed by atoms with Gasteiger partial charge < -0.3 is 9.63 Å². The van der Waals surface area contributed by atoms with Gasteiger partial charge >= 0.3 is 0 Å². The van der Waals surface area contributed by atoms with Crippen LogP contribution in [0.15, 0.2) is 35.5 Å². The van der Waals surface area contributed by atoms with Crippen LogP contribution >= 0.6 is 0 Å². The predicted octanol–water partition coefficient (Wildman–Crippen LogP) is 3.89. The molecule has 0 unspecified atom stereocenters. The van der Waals surface area contributed by atoms with Crippen molar-refractivity contribution >= 4 is 14.0 Å². The Kier molecular flexibility index (Phi) is 4.70. The van der Waals surface area contributed by atoms with Crippen LogP contribution in [0, 0.1) is 0 Å². The highest BCUT2D eigenvalue weighted by molar-refractivity contribution is 6.74. The molecule has 3 nitrogen and oxygen atoms in total. The summed E-state index contributed by atoms with van der Waals surface area (Å²) in [7, 11) is -1.81. The molecule has 0 aliphatic heterocycles. The molecule has 1 aromatic rings. The van der Waals surface area contributed by atoms with Gasteiger partial charge in [0, 0.05) is 5.56 Å². The van der Waals surface area contributed by atoms with Crippen molar-refractivity contribution in [3.05, 3.63) is 35.9 Å². The van der Waals surface area contributed by atoms with Gasteiger partial charge in [-0.15, -0.1) is 0 Å². The number of rotatable bonds is 4. The van der Waals surface area contributed by atoms with Gasteiger partial charge in [0.25, 0.3) is 0 Å². The second-order valence-electron chi connectivity index (χ2n) is 5.96. The molecule has 0 atom stereocenters. The molecule has 0 heterocycles. The normalized spacial score (nSPS) is 13.7. The minimum absolute atomic E-state index is 0.157. The molecule has 1 N–H and O–H groups in total. The van der Waals surface area contributed by atoms with Crippen LogP contribution in [-0.4, -0.2) is 25.8 Å². The molecule has 0 amide bonds. The first kappa shape index (κ1) is 14.9. The van der Waals surface area contributed by atoms with Crippen molar-refractivity contribution < 1.29 is 9.63 Å². The molecule has 0 aliphatic rings. The van der Waals surface area contributed by atoms with Crippen LogP contribution in [-0.2, 0) is 4.43 Å². The minimum Gasteiger partial charge on any atom is -0.411 e. The fourth-order valence-corrected chi connectivity index (χ4v) is 2.20. The molecule has 0 radical (unpaired) electrons. The molecule has 18 heavy (non-hydrogen) atoms. The van der Waals surface area contributed by atoms with Crippen molar-refractivity contribution in [2.24, 2.45) is 5.16 Å². The summed E-state index contributed by atoms with van der Waals surface area (Å²) >= 11 is 0. The minimum atomic E-state index is -1.81. The van der Waals surface area contributed by atoms with E-state index < -0.39 is 8.32 Å². The highest BCUT2D eigenvalue weighted by Gasteiger charge is 2.37. The van der Waals surface area contributed by atoms with Crippen LogP contribution in [0.2, 0.25) is 18.1 Å². The van der Waals surface area contributed by atoms with Crippen LogP contribution in [0.5, 0.6) is 0 Å². The lowest BCUT2D eigenvalue weighted by atomic mass is 10.1. The van der Waals surface area contributed by atoms with E-state index in [9.17, 15) is 0 Å². The molecule has 0 aliphatic carbocycles. The maximum absolute atomic E-state index is 9.10. The van der Waals surface area contributed by atoms with Crippen LogP contribution in [0.1, 0.15) is 26.3 Å². The van der Waals surface area contributed by atoms with E-state index in [4.69, 9.17) is 9.63 Å². The SMILES string of the molecule is CC(C)(C)[Si](C)(C)OCC(=NO)c1ccccc1. The quantitative estimate of drug-likeness (QED) is 0.388. The van der Waals surface area contributed by atoms with E-state index >= 15 is 0 Å². The zero-order valence-electron chi connectivity index (χ0n) is 11.9. The molecule has 1 aromatic carbocycles. The summed E-state index contributed by atoms with van der Waals surface area (Å²) < 4.78 is 6.05. The van der Waals surface area contributed by atoms with E-state index in [0.29, 0.717) is 12.3 Å². The van der Waals surface area contributed by atoms with Crippen LogP contribution in [0.4, 0.5) is 0 Å². The lowest BCUT2D eigenvalue weighted by Gasteiger charge is -2.36. The predicted molar refractivity (Wildman–Crippen MR) is 77.9 cm³/mol. The van der Waals surface area contributed by atoms with Crippen molar-refractivity contribution in [1.29, 1.82) is 0 Å². The molecular weight excluding hydrogens is 242 g/mol. The summed E-state index contributed by atoms with van der Waals surface area (Å²) in [6.07, 6.45) is 0. The Morgan fingerprint density at radius 2 is 1.78 bits per heavy atom. The Bertz CT molecular complexity index is 408. The Balaban J connectivity index is 2.74. The first-order valence-corrected chi connectivity index (χ1v) is 9.09. The third-order valence-corrected chi connectivity index (χ3v) is 8.08. The molecule has 0 fully saturated rings. The van der Waals surface area contributed by atoms with Crippen LogP contribution < -0.4 is 0 Å². The van der Waals surface area contributed by atoms with Crippen molar-refractivity contribution in [3.63, 3.8) is 0 Å². The first-order chi connectivity index (χ1) is 8.28. The maximum Gasteiger partial charge on any atom is 0.192 e. The third-order valence-electron chi connectivity index (χ3n) is 3.60. The van der Waals surface area contributed by atoms with Gasteiger partial charge in [0.2, 0.25) is 0 Å².